The van der Waals surface area contributed by atoms with Gasteiger partial charge in [0.15, 0.2) is 0 Å². The van der Waals surface area contributed by atoms with Crippen LogP contribution >= 0.6 is 0 Å². The lowest BCUT2D eigenvalue weighted by Crippen LogP contribution is -2.05. The van der Waals surface area contributed by atoms with Gasteiger partial charge in [-0.25, -0.2) is 0 Å². The molecule has 0 aromatic heterocycles. The van der Waals surface area contributed by atoms with Crippen molar-refractivity contribution < 1.29 is 9.53 Å². The van der Waals surface area contributed by atoms with E-state index in [-0.39, 0.29) is 5.97 Å². The Kier molecular flexibility index (Phi) is 8.77. The summed E-state index contributed by atoms with van der Waals surface area (Å²) in [7, 11) is 0. The van der Waals surface area contributed by atoms with Crippen LogP contribution in [0.1, 0.15) is 69.4 Å². The molecule has 0 bridgehead atoms. The summed E-state index contributed by atoms with van der Waals surface area (Å²) in [6.07, 6.45) is 9.14. The number of hydrogen-bond acceptors (Lipinski definition) is 2. The zero-order valence-electron chi connectivity index (χ0n) is 13.0. The molecule has 0 aliphatic carbocycles. The van der Waals surface area contributed by atoms with Crippen molar-refractivity contribution in [3.63, 3.8) is 0 Å². The molecule has 0 amide bonds. The fourth-order valence-corrected chi connectivity index (χ4v) is 2.23. The number of carbonyl (C=O) groups excluding carboxylic acids is 1. The molecule has 0 atom stereocenters. The number of ether oxygens (including phenoxy) is 1. The lowest BCUT2D eigenvalue weighted by Gasteiger charge is -2.07. The molecule has 0 N–H and O–H groups in total. The molecule has 2 heteroatoms. The first-order chi connectivity index (χ1) is 9.74. The summed E-state index contributed by atoms with van der Waals surface area (Å²) >= 11 is 0. The minimum Gasteiger partial charge on any atom is -0.461 e. The molecular weight excluding hydrogens is 248 g/mol. The highest BCUT2D eigenvalue weighted by atomic mass is 16.5. The predicted molar refractivity (Wildman–Crippen MR) is 83.6 cm³/mol. The quantitative estimate of drug-likeness (QED) is 0.435. The van der Waals surface area contributed by atoms with Crippen LogP contribution < -0.4 is 0 Å². The molecule has 0 saturated carbocycles. The molecule has 0 saturated heterocycles. The summed E-state index contributed by atoms with van der Waals surface area (Å²) < 4.78 is 5.32. The van der Waals surface area contributed by atoms with Crippen LogP contribution in [0.4, 0.5) is 0 Å². The van der Waals surface area contributed by atoms with Gasteiger partial charge in [-0.15, -0.1) is 0 Å². The Morgan fingerprint density at radius 2 is 1.65 bits per heavy atom. The van der Waals surface area contributed by atoms with Crippen molar-refractivity contribution in [1.29, 1.82) is 0 Å². The van der Waals surface area contributed by atoms with E-state index in [1.54, 1.807) is 0 Å². The topological polar surface area (TPSA) is 26.3 Å². The number of esters is 1. The lowest BCUT2D eigenvalue weighted by molar-refractivity contribution is -0.145. The number of unbranched alkanes of at least 4 members (excludes halogenated alkanes) is 6. The van der Waals surface area contributed by atoms with Crippen LogP contribution in [0.3, 0.4) is 0 Å². The van der Waals surface area contributed by atoms with Gasteiger partial charge < -0.3 is 4.74 Å². The molecule has 0 unspecified atom stereocenters. The summed E-state index contributed by atoms with van der Waals surface area (Å²) in [4.78, 5) is 11.6. The maximum Gasteiger partial charge on any atom is 0.306 e. The van der Waals surface area contributed by atoms with Crippen LogP contribution in [0.5, 0.6) is 0 Å². The van der Waals surface area contributed by atoms with E-state index in [9.17, 15) is 4.79 Å². The maximum atomic E-state index is 11.6. The van der Waals surface area contributed by atoms with Gasteiger partial charge >= 0.3 is 5.97 Å². The van der Waals surface area contributed by atoms with Gasteiger partial charge in [-0.3, -0.25) is 4.79 Å². The van der Waals surface area contributed by atoms with Crippen LogP contribution in [-0.2, 0) is 16.1 Å². The van der Waals surface area contributed by atoms with Gasteiger partial charge in [0.25, 0.3) is 0 Å². The third-order valence-electron chi connectivity index (χ3n) is 3.63. The Bertz CT molecular complexity index is 385. The molecule has 0 aliphatic rings. The van der Waals surface area contributed by atoms with Crippen molar-refractivity contribution in [3.05, 3.63) is 35.4 Å². The SMILES string of the molecule is CCCCCCCCCC(=O)OCc1ccccc1C. The Labute approximate surface area is 123 Å². The van der Waals surface area contributed by atoms with Crippen molar-refractivity contribution in [3.8, 4) is 0 Å². The van der Waals surface area contributed by atoms with Gasteiger partial charge in [0.2, 0.25) is 0 Å². The summed E-state index contributed by atoms with van der Waals surface area (Å²) in [6, 6.07) is 8.03. The molecule has 1 rings (SSSR count). The third-order valence-corrected chi connectivity index (χ3v) is 3.63. The van der Waals surface area contributed by atoms with E-state index in [0.717, 1.165) is 18.4 Å². The van der Waals surface area contributed by atoms with E-state index in [1.165, 1.54) is 37.7 Å². The van der Waals surface area contributed by atoms with Crippen LogP contribution in [0.25, 0.3) is 0 Å². The summed E-state index contributed by atoms with van der Waals surface area (Å²) in [6.45, 7) is 4.67. The minimum atomic E-state index is -0.0678. The molecule has 0 spiro atoms. The molecule has 0 aliphatic heterocycles. The van der Waals surface area contributed by atoms with Crippen molar-refractivity contribution in [2.45, 2.75) is 71.8 Å². The number of carbonyl (C=O) groups is 1. The van der Waals surface area contributed by atoms with Gasteiger partial charge in [0.05, 0.1) is 0 Å². The number of aryl methyl sites for hydroxylation is 1. The minimum absolute atomic E-state index is 0.0678. The second-order valence-electron chi connectivity index (χ2n) is 5.46. The zero-order valence-corrected chi connectivity index (χ0v) is 13.0. The Morgan fingerprint density at radius 3 is 2.35 bits per heavy atom. The fourth-order valence-electron chi connectivity index (χ4n) is 2.23. The van der Waals surface area contributed by atoms with Crippen LogP contribution in [0.15, 0.2) is 24.3 Å². The van der Waals surface area contributed by atoms with E-state index in [4.69, 9.17) is 4.74 Å². The van der Waals surface area contributed by atoms with E-state index < -0.39 is 0 Å². The lowest BCUT2D eigenvalue weighted by atomic mass is 10.1. The van der Waals surface area contributed by atoms with E-state index in [2.05, 4.69) is 6.92 Å². The number of hydrogen-bond donors (Lipinski definition) is 0. The summed E-state index contributed by atoms with van der Waals surface area (Å²) in [5, 5.41) is 0. The molecule has 0 radical (unpaired) electrons. The molecule has 20 heavy (non-hydrogen) atoms. The molecule has 2 nitrogen and oxygen atoms in total. The van der Waals surface area contributed by atoms with E-state index in [1.807, 2.05) is 31.2 Å². The van der Waals surface area contributed by atoms with Crippen molar-refractivity contribution in [2.75, 3.05) is 0 Å². The molecule has 1 aromatic rings. The van der Waals surface area contributed by atoms with E-state index >= 15 is 0 Å². The van der Waals surface area contributed by atoms with Gasteiger partial charge in [-0.1, -0.05) is 69.7 Å². The average molecular weight is 276 g/mol. The Hall–Kier alpha value is -1.31. The normalized spacial score (nSPS) is 10.5. The highest BCUT2D eigenvalue weighted by Gasteiger charge is 2.04. The third kappa shape index (κ3) is 7.32. The molecule has 1 aromatic carbocycles. The van der Waals surface area contributed by atoms with Crippen LogP contribution in [0.2, 0.25) is 0 Å². The van der Waals surface area contributed by atoms with Crippen molar-refractivity contribution in [2.24, 2.45) is 0 Å². The van der Waals surface area contributed by atoms with E-state index in [0.29, 0.717) is 13.0 Å². The molecule has 0 fully saturated rings. The average Bonchev–Trinajstić information content (AvgIpc) is 2.45. The van der Waals surface area contributed by atoms with Gasteiger partial charge in [0.1, 0.15) is 6.61 Å². The van der Waals surface area contributed by atoms with Gasteiger partial charge in [0, 0.05) is 6.42 Å². The first kappa shape index (κ1) is 16.7. The van der Waals surface area contributed by atoms with Crippen molar-refractivity contribution >= 4 is 5.97 Å². The second-order valence-corrected chi connectivity index (χ2v) is 5.46. The largest absolute Gasteiger partial charge is 0.461 e. The van der Waals surface area contributed by atoms with Gasteiger partial charge in [-0.05, 0) is 24.5 Å². The fraction of sp³-hybridized carbons (Fsp3) is 0.611. The maximum absolute atomic E-state index is 11.6. The zero-order chi connectivity index (χ0) is 14.6. The summed E-state index contributed by atoms with van der Waals surface area (Å²) in [5.41, 5.74) is 2.27. The highest BCUT2D eigenvalue weighted by molar-refractivity contribution is 5.69. The highest BCUT2D eigenvalue weighted by Crippen LogP contribution is 2.11. The Morgan fingerprint density at radius 1 is 1.00 bits per heavy atom. The monoisotopic (exact) mass is 276 g/mol. The first-order valence-corrected chi connectivity index (χ1v) is 7.94. The summed E-state index contributed by atoms with van der Waals surface area (Å²) in [5.74, 6) is -0.0678. The smallest absolute Gasteiger partial charge is 0.306 e. The second kappa shape index (κ2) is 10.5. The van der Waals surface area contributed by atoms with Crippen molar-refractivity contribution in [1.82, 2.24) is 0 Å². The Balaban J connectivity index is 2.05. The standard InChI is InChI=1S/C18H28O2/c1-3-4-5-6-7-8-9-14-18(19)20-15-17-13-11-10-12-16(17)2/h10-13H,3-9,14-15H2,1-2H3. The number of rotatable bonds is 10. The van der Waals surface area contributed by atoms with Crippen LogP contribution in [-0.4, -0.2) is 5.97 Å². The molecule has 0 heterocycles. The molecular formula is C18H28O2. The molecule has 112 valence electrons. The van der Waals surface area contributed by atoms with Crippen LogP contribution in [0, 0.1) is 6.92 Å². The van der Waals surface area contributed by atoms with Gasteiger partial charge in [-0.2, -0.15) is 0 Å². The predicted octanol–water partition coefficient (Wildman–Crippen LogP) is 5.18. The first-order valence-electron chi connectivity index (χ1n) is 7.94. The number of benzene rings is 1.